The van der Waals surface area contributed by atoms with E-state index in [0.29, 0.717) is 23.6 Å². The number of ether oxygens (including phenoxy) is 2. The molecule has 4 rings (SSSR count). The third-order valence-corrected chi connectivity index (χ3v) is 6.18. The molecule has 1 aromatic carbocycles. The summed E-state index contributed by atoms with van der Waals surface area (Å²) in [6.45, 7) is 0.584. The lowest BCUT2D eigenvalue weighted by atomic mass is 10.1. The maximum Gasteiger partial charge on any atom is 0.254 e. The fraction of sp³-hybridized carbons (Fsp3) is 0.545. The van der Waals surface area contributed by atoms with Crippen LogP contribution < -0.4 is 9.47 Å². The normalized spacial score (nSPS) is 16.2. The summed E-state index contributed by atoms with van der Waals surface area (Å²) in [7, 11) is 5.22. The van der Waals surface area contributed by atoms with Gasteiger partial charge in [0.15, 0.2) is 11.5 Å². The van der Waals surface area contributed by atoms with Crippen molar-refractivity contribution in [1.29, 1.82) is 0 Å². The summed E-state index contributed by atoms with van der Waals surface area (Å²) in [5.41, 5.74) is 4.39. The Kier molecular flexibility index (Phi) is 5.29. The van der Waals surface area contributed by atoms with Crippen LogP contribution in [0.5, 0.6) is 11.5 Å². The summed E-state index contributed by atoms with van der Waals surface area (Å²) in [5.74, 6) is 1.26. The third kappa shape index (κ3) is 3.36. The monoisotopic (exact) mass is 383 g/mol. The molecule has 150 valence electrons. The number of nitrogens with zero attached hydrogens (tertiary/aromatic N) is 3. The van der Waals surface area contributed by atoms with Crippen molar-refractivity contribution in [2.75, 3.05) is 14.2 Å². The second-order valence-electron chi connectivity index (χ2n) is 7.79. The average Bonchev–Trinajstić information content (AvgIpc) is 3.45. The molecule has 6 nitrogen and oxygen atoms in total. The molecule has 1 fully saturated rings. The van der Waals surface area contributed by atoms with E-state index in [-0.39, 0.29) is 11.9 Å². The van der Waals surface area contributed by atoms with E-state index in [4.69, 9.17) is 14.6 Å². The van der Waals surface area contributed by atoms with Crippen molar-refractivity contribution < 1.29 is 14.3 Å². The Morgan fingerprint density at radius 2 is 1.89 bits per heavy atom. The van der Waals surface area contributed by atoms with Crippen LogP contribution in [0.4, 0.5) is 0 Å². The van der Waals surface area contributed by atoms with E-state index in [1.54, 1.807) is 26.4 Å². The van der Waals surface area contributed by atoms with Gasteiger partial charge < -0.3 is 14.4 Å². The van der Waals surface area contributed by atoms with Crippen molar-refractivity contribution in [1.82, 2.24) is 14.7 Å². The predicted octanol–water partition coefficient (Wildman–Crippen LogP) is 3.51. The molecule has 2 aliphatic rings. The number of benzene rings is 1. The first-order valence-corrected chi connectivity index (χ1v) is 10.2. The highest BCUT2D eigenvalue weighted by Gasteiger charge is 2.31. The number of hydrogen-bond acceptors (Lipinski definition) is 4. The highest BCUT2D eigenvalue weighted by atomic mass is 16.5. The van der Waals surface area contributed by atoms with E-state index in [0.717, 1.165) is 31.4 Å². The number of carbonyl (C=O) groups is 1. The summed E-state index contributed by atoms with van der Waals surface area (Å²) >= 11 is 0. The lowest BCUT2D eigenvalue weighted by molar-refractivity contribution is 0.0660. The molecule has 2 aromatic rings. The zero-order valence-electron chi connectivity index (χ0n) is 17.0. The Morgan fingerprint density at radius 3 is 2.61 bits per heavy atom. The molecule has 0 spiro atoms. The van der Waals surface area contributed by atoms with Crippen LogP contribution in [0.25, 0.3) is 0 Å². The standard InChI is InChI=1S/C22H29N3O3/c1-24-19-10-6-9-17(19)18(23-24)14-25(16-7-4-5-8-16)22(26)15-11-12-20(27-2)21(13-15)28-3/h11-13,16H,4-10,14H2,1-3H3. The first kappa shape index (κ1) is 18.8. The number of aromatic nitrogens is 2. The van der Waals surface area contributed by atoms with Gasteiger partial charge in [-0.3, -0.25) is 9.48 Å². The minimum atomic E-state index is 0.0465. The predicted molar refractivity (Wildman–Crippen MR) is 107 cm³/mol. The van der Waals surface area contributed by atoms with Crippen LogP contribution in [0.1, 0.15) is 59.4 Å². The molecule has 1 saturated carbocycles. The van der Waals surface area contributed by atoms with E-state index >= 15 is 0 Å². The van der Waals surface area contributed by atoms with Crippen molar-refractivity contribution in [2.24, 2.45) is 7.05 Å². The lowest BCUT2D eigenvalue weighted by Crippen LogP contribution is -2.38. The zero-order valence-corrected chi connectivity index (χ0v) is 17.0. The number of methoxy groups -OCH3 is 2. The number of hydrogen-bond donors (Lipinski definition) is 0. The molecule has 0 atom stereocenters. The number of aryl methyl sites for hydroxylation is 1. The van der Waals surface area contributed by atoms with Gasteiger partial charge in [-0.1, -0.05) is 12.8 Å². The summed E-state index contributed by atoms with van der Waals surface area (Å²) in [5, 5.41) is 4.76. The van der Waals surface area contributed by atoms with Crippen molar-refractivity contribution >= 4 is 5.91 Å². The summed E-state index contributed by atoms with van der Waals surface area (Å²) in [6, 6.07) is 5.69. The van der Waals surface area contributed by atoms with Crippen LogP contribution in [0.15, 0.2) is 18.2 Å². The fourth-order valence-electron chi connectivity index (χ4n) is 4.70. The Balaban J connectivity index is 1.65. The number of carbonyl (C=O) groups excluding carboxylic acids is 1. The van der Waals surface area contributed by atoms with E-state index < -0.39 is 0 Å². The van der Waals surface area contributed by atoms with Gasteiger partial charge >= 0.3 is 0 Å². The molecule has 0 saturated heterocycles. The van der Waals surface area contributed by atoms with Gasteiger partial charge in [0.1, 0.15) is 0 Å². The Morgan fingerprint density at radius 1 is 1.14 bits per heavy atom. The Hall–Kier alpha value is -2.50. The Labute approximate surface area is 166 Å². The number of rotatable bonds is 6. The first-order valence-electron chi connectivity index (χ1n) is 10.2. The van der Waals surface area contributed by atoms with Crippen LogP contribution in [-0.2, 0) is 26.4 Å². The van der Waals surface area contributed by atoms with Crippen molar-refractivity contribution in [2.45, 2.75) is 57.5 Å². The minimum absolute atomic E-state index is 0.0465. The third-order valence-electron chi connectivity index (χ3n) is 6.18. The van der Waals surface area contributed by atoms with Crippen LogP contribution in [0.2, 0.25) is 0 Å². The number of amides is 1. The van der Waals surface area contributed by atoms with Crippen molar-refractivity contribution in [3.63, 3.8) is 0 Å². The second-order valence-corrected chi connectivity index (χ2v) is 7.79. The maximum absolute atomic E-state index is 13.5. The van der Waals surface area contributed by atoms with Gasteiger partial charge in [0.25, 0.3) is 5.91 Å². The highest BCUT2D eigenvalue weighted by Crippen LogP contribution is 2.32. The van der Waals surface area contributed by atoms with E-state index in [2.05, 4.69) is 0 Å². The van der Waals surface area contributed by atoms with Crippen molar-refractivity contribution in [3.8, 4) is 11.5 Å². The molecule has 0 bridgehead atoms. The molecule has 0 unspecified atom stereocenters. The van der Waals surface area contributed by atoms with Crippen LogP contribution in [0.3, 0.4) is 0 Å². The first-order chi connectivity index (χ1) is 13.6. The topological polar surface area (TPSA) is 56.6 Å². The quantitative estimate of drug-likeness (QED) is 0.766. The number of fused-ring (bicyclic) bond motifs is 1. The van der Waals surface area contributed by atoms with Gasteiger partial charge in [0, 0.05) is 24.3 Å². The molecule has 2 aliphatic carbocycles. The molecule has 1 heterocycles. The molecular weight excluding hydrogens is 354 g/mol. The highest BCUT2D eigenvalue weighted by molar-refractivity contribution is 5.95. The van der Waals surface area contributed by atoms with Gasteiger partial charge in [-0.15, -0.1) is 0 Å². The molecule has 0 radical (unpaired) electrons. The van der Waals surface area contributed by atoms with Crippen molar-refractivity contribution in [3.05, 3.63) is 40.7 Å². The van der Waals surface area contributed by atoms with E-state index in [1.165, 1.54) is 30.5 Å². The zero-order chi connectivity index (χ0) is 19.7. The molecule has 0 aliphatic heterocycles. The molecule has 1 aromatic heterocycles. The second kappa shape index (κ2) is 7.86. The van der Waals surface area contributed by atoms with E-state index in [1.807, 2.05) is 22.7 Å². The smallest absolute Gasteiger partial charge is 0.254 e. The lowest BCUT2D eigenvalue weighted by Gasteiger charge is -2.29. The Bertz CT molecular complexity index is 868. The van der Waals surface area contributed by atoms with Crippen LogP contribution in [0, 0.1) is 0 Å². The van der Waals surface area contributed by atoms with Crippen LogP contribution in [-0.4, -0.2) is 40.8 Å². The van der Waals surface area contributed by atoms with Gasteiger partial charge in [-0.25, -0.2) is 0 Å². The van der Waals surface area contributed by atoms with Gasteiger partial charge in [-0.2, -0.15) is 5.10 Å². The minimum Gasteiger partial charge on any atom is -0.493 e. The molecule has 28 heavy (non-hydrogen) atoms. The SMILES string of the molecule is COc1ccc(C(=O)N(Cc2nn(C)c3c2CCC3)C2CCCC2)cc1OC. The fourth-order valence-corrected chi connectivity index (χ4v) is 4.70. The summed E-state index contributed by atoms with van der Waals surface area (Å²) in [6.07, 6.45) is 7.83. The van der Waals surface area contributed by atoms with Gasteiger partial charge in [-0.05, 0) is 55.9 Å². The van der Waals surface area contributed by atoms with Crippen LogP contribution >= 0.6 is 0 Å². The van der Waals surface area contributed by atoms with Gasteiger partial charge in [0.2, 0.25) is 0 Å². The largest absolute Gasteiger partial charge is 0.493 e. The summed E-state index contributed by atoms with van der Waals surface area (Å²) in [4.78, 5) is 15.5. The molecule has 6 heteroatoms. The van der Waals surface area contributed by atoms with Gasteiger partial charge in [0.05, 0.1) is 26.5 Å². The summed E-state index contributed by atoms with van der Waals surface area (Å²) < 4.78 is 12.7. The van der Waals surface area contributed by atoms with E-state index in [9.17, 15) is 4.79 Å². The maximum atomic E-state index is 13.5. The molecule has 0 N–H and O–H groups in total. The molecule has 1 amide bonds. The molecular formula is C22H29N3O3. The average molecular weight is 383 g/mol.